The first kappa shape index (κ1) is 15.5. The van der Waals surface area contributed by atoms with Crippen molar-refractivity contribution >= 4 is 11.8 Å². The minimum Gasteiger partial charge on any atom is -0.469 e. The molecular formula is C18H24O4. The van der Waals surface area contributed by atoms with E-state index in [4.69, 9.17) is 4.74 Å². The molecule has 0 radical (unpaired) electrons. The second kappa shape index (κ2) is 5.05. The smallest absolute Gasteiger partial charge is 0.305 e. The number of ether oxygens (including phenoxy) is 1. The van der Waals surface area contributed by atoms with E-state index in [0.717, 1.165) is 18.4 Å². The fourth-order valence-corrected chi connectivity index (χ4v) is 5.01. The maximum atomic E-state index is 12.6. The zero-order valence-corrected chi connectivity index (χ0v) is 13.3. The van der Waals surface area contributed by atoms with E-state index >= 15 is 0 Å². The van der Waals surface area contributed by atoms with Crippen molar-refractivity contribution in [3.63, 3.8) is 0 Å². The van der Waals surface area contributed by atoms with Crippen LogP contribution in [0.25, 0.3) is 0 Å². The largest absolute Gasteiger partial charge is 0.469 e. The van der Waals surface area contributed by atoms with Gasteiger partial charge < -0.3 is 9.84 Å². The van der Waals surface area contributed by atoms with Gasteiger partial charge in [0.15, 0.2) is 5.78 Å². The molecule has 22 heavy (non-hydrogen) atoms. The predicted octanol–water partition coefficient (Wildman–Crippen LogP) is 2.42. The normalized spacial score (nSPS) is 43.1. The van der Waals surface area contributed by atoms with Gasteiger partial charge in [0.05, 0.1) is 13.2 Å². The van der Waals surface area contributed by atoms with Gasteiger partial charge >= 0.3 is 5.97 Å². The molecule has 3 saturated carbocycles. The van der Waals surface area contributed by atoms with E-state index < -0.39 is 5.41 Å². The Morgan fingerprint density at radius 1 is 1.55 bits per heavy atom. The Labute approximate surface area is 131 Å². The van der Waals surface area contributed by atoms with Crippen molar-refractivity contribution in [2.45, 2.75) is 45.1 Å². The topological polar surface area (TPSA) is 63.6 Å². The van der Waals surface area contributed by atoms with Crippen molar-refractivity contribution in [1.82, 2.24) is 0 Å². The highest BCUT2D eigenvalue weighted by Crippen LogP contribution is 2.64. The molecule has 0 aromatic carbocycles. The third-order valence-electron chi connectivity index (χ3n) is 6.29. The van der Waals surface area contributed by atoms with E-state index in [1.54, 1.807) is 6.08 Å². The Bertz CT molecular complexity index is 563. The molecule has 5 atom stereocenters. The third kappa shape index (κ3) is 2.08. The number of ketones is 1. The molecule has 0 amide bonds. The van der Waals surface area contributed by atoms with Gasteiger partial charge in [0.25, 0.3) is 0 Å². The number of aliphatic hydroxyl groups excluding tert-OH is 1. The number of methoxy groups -OCH3 is 1. The molecule has 4 aliphatic rings. The number of hydrogen-bond acceptors (Lipinski definition) is 4. The predicted molar refractivity (Wildman–Crippen MR) is 81.9 cm³/mol. The Morgan fingerprint density at radius 3 is 2.91 bits per heavy atom. The molecule has 0 heterocycles. The van der Waals surface area contributed by atoms with E-state index in [1.807, 2.05) is 13.0 Å². The van der Waals surface area contributed by atoms with Crippen molar-refractivity contribution < 1.29 is 19.4 Å². The summed E-state index contributed by atoms with van der Waals surface area (Å²) in [5.74, 6) is 0.0763. The number of fused-ring (bicyclic) bond motifs is 2. The van der Waals surface area contributed by atoms with E-state index in [1.165, 1.54) is 7.11 Å². The maximum Gasteiger partial charge on any atom is 0.305 e. The number of esters is 1. The molecule has 3 fully saturated rings. The number of hydrogen-bond donors (Lipinski definition) is 1. The first-order valence-corrected chi connectivity index (χ1v) is 7.98. The number of carbonyl (C=O) groups is 2. The molecule has 1 spiro atoms. The molecule has 4 heteroatoms. The highest BCUT2D eigenvalue weighted by Gasteiger charge is 2.60. The first-order valence-electron chi connectivity index (χ1n) is 7.98. The molecule has 4 nitrogen and oxygen atoms in total. The van der Waals surface area contributed by atoms with Crippen LogP contribution in [0.3, 0.4) is 0 Å². The lowest BCUT2D eigenvalue weighted by Gasteiger charge is -2.60. The molecule has 4 rings (SSSR count). The minimum atomic E-state index is -0.554. The fourth-order valence-electron chi connectivity index (χ4n) is 5.01. The summed E-state index contributed by atoms with van der Waals surface area (Å²) in [5, 5.41) is 10.3. The second-order valence-corrected chi connectivity index (χ2v) is 7.43. The van der Waals surface area contributed by atoms with Crippen LogP contribution in [0.1, 0.15) is 39.0 Å². The van der Waals surface area contributed by atoms with Gasteiger partial charge in [0, 0.05) is 17.8 Å². The fraction of sp³-hybridized carbons (Fsp3) is 0.667. The summed E-state index contributed by atoms with van der Waals surface area (Å²) in [6, 6.07) is 0. The lowest BCUT2D eigenvalue weighted by molar-refractivity contribution is -0.147. The van der Waals surface area contributed by atoms with Crippen molar-refractivity contribution in [2.24, 2.45) is 22.7 Å². The van der Waals surface area contributed by atoms with Gasteiger partial charge in [-0.05, 0) is 43.1 Å². The highest BCUT2D eigenvalue weighted by molar-refractivity contribution is 5.96. The third-order valence-corrected chi connectivity index (χ3v) is 6.29. The standard InChI is InChI=1S/C18H24O4/c1-11-9-18-7-4-15(20)17(2,6-5-16(21)22-3)14(18)8-12(11)13(19)10-18/h4,7,12-14,19H,1,5-6,8-10H2,2-3H3/t12?,13-,14?,17-,18?/m0/s1. The monoisotopic (exact) mass is 304 g/mol. The number of allylic oxidation sites excluding steroid dienone is 2. The molecule has 3 unspecified atom stereocenters. The zero-order chi connectivity index (χ0) is 16.1. The number of rotatable bonds is 3. The number of carbonyl (C=O) groups excluding carboxylic acids is 2. The van der Waals surface area contributed by atoms with Crippen LogP contribution in [-0.4, -0.2) is 30.1 Å². The van der Waals surface area contributed by atoms with Crippen molar-refractivity contribution in [1.29, 1.82) is 0 Å². The molecular weight excluding hydrogens is 280 g/mol. The van der Waals surface area contributed by atoms with Gasteiger partial charge in [0.1, 0.15) is 0 Å². The van der Waals surface area contributed by atoms with Crippen LogP contribution in [0.5, 0.6) is 0 Å². The summed E-state index contributed by atoms with van der Waals surface area (Å²) < 4.78 is 4.73. The molecule has 1 N–H and O–H groups in total. The first-order chi connectivity index (χ1) is 10.3. The Balaban J connectivity index is 1.93. The van der Waals surface area contributed by atoms with Gasteiger partial charge in [-0.2, -0.15) is 0 Å². The summed E-state index contributed by atoms with van der Waals surface area (Å²) in [6.07, 6.45) is 6.39. The summed E-state index contributed by atoms with van der Waals surface area (Å²) in [6.45, 7) is 6.11. The van der Waals surface area contributed by atoms with E-state index in [2.05, 4.69) is 6.58 Å². The lowest BCUT2D eigenvalue weighted by Crippen LogP contribution is -2.57. The number of aliphatic hydroxyl groups is 1. The Kier molecular flexibility index (Phi) is 3.55. The molecule has 0 saturated heterocycles. The van der Waals surface area contributed by atoms with E-state index in [9.17, 15) is 14.7 Å². The second-order valence-electron chi connectivity index (χ2n) is 7.43. The van der Waals surface area contributed by atoms with Gasteiger partial charge in [-0.25, -0.2) is 0 Å². The van der Waals surface area contributed by atoms with Gasteiger partial charge in [-0.1, -0.05) is 25.2 Å². The SMILES string of the molecule is C=C1CC23C=CC(=O)[C@@](C)(CCC(=O)OC)C2CC1[C@@H](O)C3. The van der Waals surface area contributed by atoms with Crippen LogP contribution in [0.2, 0.25) is 0 Å². The lowest BCUT2D eigenvalue weighted by atomic mass is 9.44. The quantitative estimate of drug-likeness (QED) is 0.642. The van der Waals surface area contributed by atoms with Crippen molar-refractivity contribution in [2.75, 3.05) is 7.11 Å². The molecule has 0 aromatic rings. The van der Waals surface area contributed by atoms with Crippen LogP contribution < -0.4 is 0 Å². The zero-order valence-electron chi connectivity index (χ0n) is 13.3. The van der Waals surface area contributed by atoms with Crippen LogP contribution in [0.4, 0.5) is 0 Å². The molecule has 4 aliphatic carbocycles. The minimum absolute atomic E-state index is 0.0867. The van der Waals surface area contributed by atoms with Crippen LogP contribution in [-0.2, 0) is 14.3 Å². The van der Waals surface area contributed by atoms with Gasteiger partial charge in [0.2, 0.25) is 0 Å². The summed E-state index contributed by atoms with van der Waals surface area (Å²) in [5.41, 5.74) is 0.371. The Morgan fingerprint density at radius 2 is 2.27 bits per heavy atom. The van der Waals surface area contributed by atoms with Gasteiger partial charge in [-0.3, -0.25) is 9.59 Å². The van der Waals surface area contributed by atoms with Gasteiger partial charge in [-0.15, -0.1) is 0 Å². The van der Waals surface area contributed by atoms with Crippen LogP contribution in [0, 0.1) is 22.7 Å². The average Bonchev–Trinajstić information content (AvgIpc) is 2.48. The average molecular weight is 304 g/mol. The van der Waals surface area contributed by atoms with E-state index in [0.29, 0.717) is 12.8 Å². The van der Waals surface area contributed by atoms with Crippen LogP contribution >= 0.6 is 0 Å². The summed E-state index contributed by atoms with van der Waals surface area (Å²) in [4.78, 5) is 24.1. The molecule has 0 aromatic heterocycles. The molecule has 0 aliphatic heterocycles. The molecule has 120 valence electrons. The van der Waals surface area contributed by atoms with E-state index in [-0.39, 0.29) is 41.5 Å². The Hall–Kier alpha value is -1.42. The van der Waals surface area contributed by atoms with Crippen molar-refractivity contribution in [3.8, 4) is 0 Å². The summed E-state index contributed by atoms with van der Waals surface area (Å²) >= 11 is 0. The summed E-state index contributed by atoms with van der Waals surface area (Å²) in [7, 11) is 1.37. The van der Waals surface area contributed by atoms with Crippen LogP contribution in [0.15, 0.2) is 24.3 Å². The maximum absolute atomic E-state index is 12.6. The van der Waals surface area contributed by atoms with Crippen molar-refractivity contribution in [3.05, 3.63) is 24.3 Å². The highest BCUT2D eigenvalue weighted by atomic mass is 16.5. The molecule has 2 bridgehead atoms.